The van der Waals surface area contributed by atoms with E-state index in [0.717, 1.165) is 11.1 Å². The Hall–Kier alpha value is -1.41. The Balaban J connectivity index is 2.71. The summed E-state index contributed by atoms with van der Waals surface area (Å²) in [7, 11) is 0. The molecule has 80 valence electrons. The monoisotopic (exact) mass is 204 g/mol. The molecule has 1 rings (SSSR count). The van der Waals surface area contributed by atoms with E-state index in [1.807, 2.05) is 43.3 Å². The van der Waals surface area contributed by atoms with E-state index in [9.17, 15) is 9.90 Å². The molecule has 0 radical (unpaired) electrons. The summed E-state index contributed by atoms with van der Waals surface area (Å²) < 4.78 is 0. The molecule has 0 unspecified atom stereocenters. The van der Waals surface area contributed by atoms with Crippen LogP contribution < -0.4 is 0 Å². The van der Waals surface area contributed by atoms with Crippen LogP contribution in [-0.2, 0) is 4.79 Å². The number of carbonyl (C=O) groups is 1. The number of hydrogen-bond acceptors (Lipinski definition) is 2. The Morgan fingerprint density at radius 1 is 1.33 bits per heavy atom. The Kier molecular flexibility index (Phi) is 4.25. The van der Waals surface area contributed by atoms with Gasteiger partial charge >= 0.3 is 0 Å². The Morgan fingerprint density at radius 2 is 1.93 bits per heavy atom. The highest BCUT2D eigenvalue weighted by Gasteiger charge is 2.08. The summed E-state index contributed by atoms with van der Waals surface area (Å²) in [6, 6.07) is 9.75. The van der Waals surface area contributed by atoms with Crippen molar-refractivity contribution in [2.75, 3.05) is 0 Å². The van der Waals surface area contributed by atoms with Crippen molar-refractivity contribution in [3.05, 3.63) is 41.5 Å². The molecule has 0 aliphatic carbocycles. The number of aliphatic hydroxyl groups is 1. The maximum atomic E-state index is 10.8. The predicted octanol–water partition coefficient (Wildman–Crippen LogP) is 2.43. The lowest BCUT2D eigenvalue weighted by molar-refractivity contribution is -0.118. The van der Waals surface area contributed by atoms with E-state index in [0.29, 0.717) is 0 Å². The summed E-state index contributed by atoms with van der Waals surface area (Å²) in [5, 5.41) is 9.66. The molecular formula is C13H16O2. The minimum atomic E-state index is -0.664. The standard InChI is InChI=1S/C13H16O2/c1-10(13(15)9-11(2)14)8-12-6-4-3-5-7-12/h3-8,13,15H,9H2,1-2H3/b10-8+/t13-/m0/s1. The van der Waals surface area contributed by atoms with Gasteiger partial charge in [-0.3, -0.25) is 4.79 Å². The lowest BCUT2D eigenvalue weighted by atomic mass is 10.0. The molecule has 0 saturated carbocycles. The number of Topliss-reactive ketones (excluding diaryl/α,β-unsaturated/α-hetero) is 1. The molecule has 0 aliphatic rings. The van der Waals surface area contributed by atoms with E-state index in [1.165, 1.54) is 6.92 Å². The molecule has 0 saturated heterocycles. The molecule has 0 aromatic heterocycles. The van der Waals surface area contributed by atoms with Gasteiger partial charge < -0.3 is 5.11 Å². The molecule has 1 aromatic rings. The van der Waals surface area contributed by atoms with Crippen molar-refractivity contribution < 1.29 is 9.90 Å². The van der Waals surface area contributed by atoms with Crippen LogP contribution in [0.25, 0.3) is 6.08 Å². The van der Waals surface area contributed by atoms with Crippen molar-refractivity contribution in [2.24, 2.45) is 0 Å². The summed E-state index contributed by atoms with van der Waals surface area (Å²) in [4.78, 5) is 10.8. The zero-order valence-corrected chi connectivity index (χ0v) is 9.10. The number of rotatable bonds is 4. The lowest BCUT2D eigenvalue weighted by Crippen LogP contribution is -2.12. The molecule has 1 aromatic carbocycles. The number of benzene rings is 1. The van der Waals surface area contributed by atoms with Crippen LogP contribution in [0.2, 0.25) is 0 Å². The normalized spacial score (nSPS) is 13.7. The van der Waals surface area contributed by atoms with Crippen LogP contribution in [0.15, 0.2) is 35.9 Å². The fraction of sp³-hybridized carbons (Fsp3) is 0.308. The average Bonchev–Trinajstić information content (AvgIpc) is 2.18. The van der Waals surface area contributed by atoms with E-state index in [1.54, 1.807) is 0 Å². The van der Waals surface area contributed by atoms with Gasteiger partial charge in [0.05, 0.1) is 6.10 Å². The lowest BCUT2D eigenvalue weighted by Gasteiger charge is -2.08. The first-order valence-corrected chi connectivity index (χ1v) is 5.00. The quantitative estimate of drug-likeness (QED) is 0.817. The zero-order valence-electron chi connectivity index (χ0n) is 9.10. The van der Waals surface area contributed by atoms with Crippen molar-refractivity contribution in [3.63, 3.8) is 0 Å². The van der Waals surface area contributed by atoms with Gasteiger partial charge in [0.1, 0.15) is 5.78 Å². The van der Waals surface area contributed by atoms with Crippen molar-refractivity contribution in [1.29, 1.82) is 0 Å². The maximum absolute atomic E-state index is 10.8. The van der Waals surface area contributed by atoms with E-state index in [2.05, 4.69) is 0 Å². The third-order valence-electron chi connectivity index (χ3n) is 2.20. The molecule has 0 bridgehead atoms. The van der Waals surface area contributed by atoms with Crippen LogP contribution in [0.4, 0.5) is 0 Å². The summed E-state index contributed by atoms with van der Waals surface area (Å²) in [6.07, 6.45) is 1.42. The van der Waals surface area contributed by atoms with Crippen LogP contribution in [0.1, 0.15) is 25.8 Å². The van der Waals surface area contributed by atoms with Crippen LogP contribution in [0, 0.1) is 0 Å². The van der Waals surface area contributed by atoms with Gasteiger partial charge in [-0.05, 0) is 25.0 Å². The first-order chi connectivity index (χ1) is 7.09. The third-order valence-corrected chi connectivity index (χ3v) is 2.20. The molecule has 0 amide bonds. The highest BCUT2D eigenvalue weighted by atomic mass is 16.3. The minimum Gasteiger partial charge on any atom is -0.388 e. The van der Waals surface area contributed by atoms with E-state index in [4.69, 9.17) is 0 Å². The Bertz CT molecular complexity index is 352. The Morgan fingerprint density at radius 3 is 2.47 bits per heavy atom. The molecule has 0 spiro atoms. The van der Waals surface area contributed by atoms with Gasteiger partial charge in [-0.2, -0.15) is 0 Å². The van der Waals surface area contributed by atoms with Gasteiger partial charge in [0.15, 0.2) is 0 Å². The second-order valence-electron chi connectivity index (χ2n) is 3.72. The van der Waals surface area contributed by atoms with Crippen LogP contribution in [-0.4, -0.2) is 17.0 Å². The molecule has 2 heteroatoms. The molecule has 0 heterocycles. The highest BCUT2D eigenvalue weighted by Crippen LogP contribution is 2.11. The summed E-state index contributed by atoms with van der Waals surface area (Å²) >= 11 is 0. The molecule has 0 aliphatic heterocycles. The molecular weight excluding hydrogens is 188 g/mol. The van der Waals surface area contributed by atoms with Gasteiger partial charge in [-0.25, -0.2) is 0 Å². The summed E-state index contributed by atoms with van der Waals surface area (Å²) in [6.45, 7) is 3.32. The Labute approximate surface area is 90.3 Å². The van der Waals surface area contributed by atoms with Crippen LogP contribution in [0.5, 0.6) is 0 Å². The smallest absolute Gasteiger partial charge is 0.132 e. The van der Waals surface area contributed by atoms with Crippen molar-refractivity contribution in [3.8, 4) is 0 Å². The molecule has 1 atom stereocenters. The van der Waals surface area contributed by atoms with E-state index in [-0.39, 0.29) is 12.2 Å². The number of ketones is 1. The van der Waals surface area contributed by atoms with Crippen molar-refractivity contribution >= 4 is 11.9 Å². The molecule has 15 heavy (non-hydrogen) atoms. The van der Waals surface area contributed by atoms with Gasteiger partial charge in [-0.15, -0.1) is 0 Å². The van der Waals surface area contributed by atoms with Gasteiger partial charge in [0.2, 0.25) is 0 Å². The third kappa shape index (κ3) is 4.09. The van der Waals surface area contributed by atoms with Crippen molar-refractivity contribution in [1.82, 2.24) is 0 Å². The number of hydrogen-bond donors (Lipinski definition) is 1. The second-order valence-corrected chi connectivity index (χ2v) is 3.72. The van der Waals surface area contributed by atoms with Crippen LogP contribution >= 0.6 is 0 Å². The summed E-state index contributed by atoms with van der Waals surface area (Å²) in [5.74, 6) is 0.00307. The number of carbonyl (C=O) groups excluding carboxylic acids is 1. The first kappa shape index (κ1) is 11.7. The first-order valence-electron chi connectivity index (χ1n) is 5.00. The van der Waals surface area contributed by atoms with Crippen molar-refractivity contribution in [2.45, 2.75) is 26.4 Å². The van der Waals surface area contributed by atoms with Gasteiger partial charge in [0.25, 0.3) is 0 Å². The number of aliphatic hydroxyl groups excluding tert-OH is 1. The van der Waals surface area contributed by atoms with Crippen LogP contribution in [0.3, 0.4) is 0 Å². The van der Waals surface area contributed by atoms with E-state index < -0.39 is 6.10 Å². The predicted molar refractivity (Wildman–Crippen MR) is 61.4 cm³/mol. The fourth-order valence-corrected chi connectivity index (χ4v) is 1.34. The fourth-order valence-electron chi connectivity index (χ4n) is 1.34. The van der Waals surface area contributed by atoms with E-state index >= 15 is 0 Å². The maximum Gasteiger partial charge on any atom is 0.132 e. The second kappa shape index (κ2) is 5.47. The molecule has 2 nitrogen and oxygen atoms in total. The molecule has 0 fully saturated rings. The summed E-state index contributed by atoms with van der Waals surface area (Å²) in [5.41, 5.74) is 1.86. The SMILES string of the molecule is CC(=O)C[C@H](O)/C(C)=C/c1ccccc1. The van der Waals surface area contributed by atoms with Gasteiger partial charge in [0, 0.05) is 6.42 Å². The molecule has 1 N–H and O–H groups in total. The topological polar surface area (TPSA) is 37.3 Å². The average molecular weight is 204 g/mol. The zero-order chi connectivity index (χ0) is 11.3. The highest BCUT2D eigenvalue weighted by molar-refractivity contribution is 5.76. The van der Waals surface area contributed by atoms with Gasteiger partial charge in [-0.1, -0.05) is 36.4 Å². The minimum absolute atomic E-state index is 0.00307. The largest absolute Gasteiger partial charge is 0.388 e.